The molecule has 0 fully saturated rings. The molecule has 1 heterocycles. The first kappa shape index (κ1) is 9.65. The summed E-state index contributed by atoms with van der Waals surface area (Å²) in [6.07, 6.45) is 2.24. The quantitative estimate of drug-likeness (QED) is 0.760. The van der Waals surface area contributed by atoms with Crippen LogP contribution in [-0.4, -0.2) is 10.1 Å². The van der Waals surface area contributed by atoms with Gasteiger partial charge in [-0.15, -0.1) is 0 Å². The number of aromatic nitrogens is 1. The second-order valence-corrected chi connectivity index (χ2v) is 3.24. The Labute approximate surface area is 86.7 Å². The van der Waals surface area contributed by atoms with Gasteiger partial charge in [0.15, 0.2) is 0 Å². The highest BCUT2D eigenvalue weighted by Gasteiger charge is 2.04. The van der Waals surface area contributed by atoms with Crippen LogP contribution in [-0.2, 0) is 6.42 Å². The van der Waals surface area contributed by atoms with Crippen LogP contribution in [0.5, 0.6) is 0 Å². The van der Waals surface area contributed by atoms with E-state index in [2.05, 4.69) is 4.98 Å². The number of benzene rings is 1. The normalized spacial score (nSPS) is 11.9. The molecule has 0 radical (unpaired) electrons. The van der Waals surface area contributed by atoms with E-state index >= 15 is 0 Å². The van der Waals surface area contributed by atoms with Gasteiger partial charge in [-0.25, -0.2) is 4.39 Å². The molecule has 0 aliphatic heterocycles. The van der Waals surface area contributed by atoms with Gasteiger partial charge in [0.25, 0.3) is 0 Å². The lowest BCUT2D eigenvalue weighted by Gasteiger charge is -2.03. The van der Waals surface area contributed by atoms with Gasteiger partial charge in [-0.05, 0) is 11.6 Å². The summed E-state index contributed by atoms with van der Waals surface area (Å²) in [6.45, 7) is 0. The maximum atomic E-state index is 12.9. The zero-order chi connectivity index (χ0) is 10.7. The standard InChI is InChI=1S/C12H10FNO/c13-11(8-15)7-10-4-1-3-9-5-2-6-14-12(9)10/h1-6,8,15H,7H2/b11-8-. The van der Waals surface area contributed by atoms with E-state index in [1.807, 2.05) is 24.3 Å². The first-order valence-electron chi connectivity index (χ1n) is 4.62. The van der Waals surface area contributed by atoms with Crippen molar-refractivity contribution in [3.05, 3.63) is 54.2 Å². The number of para-hydroxylation sites is 1. The van der Waals surface area contributed by atoms with Crippen LogP contribution >= 0.6 is 0 Å². The second kappa shape index (κ2) is 4.09. The van der Waals surface area contributed by atoms with Crippen LogP contribution < -0.4 is 0 Å². The molecule has 0 spiro atoms. The SMILES string of the molecule is O/C=C(\F)Cc1cccc2cccnc12. The third kappa shape index (κ3) is 1.96. The number of hydrogen-bond acceptors (Lipinski definition) is 2. The first-order chi connectivity index (χ1) is 7.31. The molecule has 76 valence electrons. The Kier molecular flexibility index (Phi) is 2.63. The number of aliphatic hydroxyl groups excluding tert-OH is 1. The Morgan fingerprint density at radius 3 is 2.93 bits per heavy atom. The summed E-state index contributed by atoms with van der Waals surface area (Å²) >= 11 is 0. The van der Waals surface area contributed by atoms with Crippen LogP contribution in [0.4, 0.5) is 4.39 Å². The Balaban J connectivity index is 2.51. The van der Waals surface area contributed by atoms with Gasteiger partial charge in [0.2, 0.25) is 0 Å². The summed E-state index contributed by atoms with van der Waals surface area (Å²) in [4.78, 5) is 4.19. The van der Waals surface area contributed by atoms with Crippen molar-refractivity contribution < 1.29 is 9.50 Å². The molecule has 2 aromatic rings. The molecule has 1 aromatic heterocycles. The largest absolute Gasteiger partial charge is 0.513 e. The van der Waals surface area contributed by atoms with Crippen molar-refractivity contribution in [2.24, 2.45) is 0 Å². The highest BCUT2D eigenvalue weighted by atomic mass is 19.1. The molecule has 1 aromatic carbocycles. The Hall–Kier alpha value is -1.90. The molecule has 0 bridgehead atoms. The number of nitrogens with zero attached hydrogens (tertiary/aromatic N) is 1. The van der Waals surface area contributed by atoms with Crippen molar-refractivity contribution in [2.45, 2.75) is 6.42 Å². The summed E-state index contributed by atoms with van der Waals surface area (Å²) in [6, 6.07) is 9.34. The van der Waals surface area contributed by atoms with Gasteiger partial charge >= 0.3 is 0 Å². The molecule has 1 N–H and O–H groups in total. The highest BCUT2D eigenvalue weighted by molar-refractivity contribution is 5.81. The highest BCUT2D eigenvalue weighted by Crippen LogP contribution is 2.18. The number of hydrogen-bond donors (Lipinski definition) is 1. The van der Waals surface area contributed by atoms with Crippen LogP contribution in [0.15, 0.2) is 48.6 Å². The van der Waals surface area contributed by atoms with Gasteiger partial charge in [-0.2, -0.15) is 0 Å². The molecule has 0 saturated heterocycles. The molecule has 2 nitrogen and oxygen atoms in total. The van der Waals surface area contributed by atoms with Gasteiger partial charge in [-0.1, -0.05) is 24.3 Å². The minimum Gasteiger partial charge on any atom is -0.513 e. The van der Waals surface area contributed by atoms with Crippen molar-refractivity contribution in [2.75, 3.05) is 0 Å². The molecule has 0 aliphatic rings. The van der Waals surface area contributed by atoms with Gasteiger partial charge in [0.1, 0.15) is 12.1 Å². The maximum absolute atomic E-state index is 12.9. The minimum absolute atomic E-state index is 0.0743. The molecule has 3 heteroatoms. The van der Waals surface area contributed by atoms with Crippen LogP contribution in [0, 0.1) is 0 Å². The van der Waals surface area contributed by atoms with E-state index in [0.717, 1.165) is 16.5 Å². The molecular weight excluding hydrogens is 193 g/mol. The molecule has 0 saturated carbocycles. The van der Waals surface area contributed by atoms with Crippen LogP contribution in [0.2, 0.25) is 0 Å². The minimum atomic E-state index is -0.562. The van der Waals surface area contributed by atoms with E-state index in [-0.39, 0.29) is 6.42 Å². The van der Waals surface area contributed by atoms with Gasteiger partial charge in [0.05, 0.1) is 5.52 Å². The lowest BCUT2D eigenvalue weighted by Crippen LogP contribution is -1.90. The fourth-order valence-corrected chi connectivity index (χ4v) is 1.54. The molecule has 0 atom stereocenters. The van der Waals surface area contributed by atoms with E-state index < -0.39 is 5.83 Å². The number of pyridine rings is 1. The number of halogens is 1. The molecule has 0 amide bonds. The van der Waals surface area contributed by atoms with Crippen LogP contribution in [0.3, 0.4) is 0 Å². The van der Waals surface area contributed by atoms with Crippen LogP contribution in [0.25, 0.3) is 10.9 Å². The molecule has 0 unspecified atom stereocenters. The lowest BCUT2D eigenvalue weighted by atomic mass is 10.1. The smallest absolute Gasteiger partial charge is 0.138 e. The number of rotatable bonds is 2. The average Bonchev–Trinajstić information content (AvgIpc) is 2.29. The molecule has 0 aliphatic carbocycles. The summed E-state index contributed by atoms with van der Waals surface area (Å²) in [5, 5.41) is 9.48. The second-order valence-electron chi connectivity index (χ2n) is 3.24. The van der Waals surface area contributed by atoms with Crippen LogP contribution in [0.1, 0.15) is 5.56 Å². The Morgan fingerprint density at radius 1 is 1.33 bits per heavy atom. The predicted molar refractivity (Wildman–Crippen MR) is 57.3 cm³/mol. The van der Waals surface area contributed by atoms with Gasteiger partial charge < -0.3 is 5.11 Å². The van der Waals surface area contributed by atoms with Crippen molar-refractivity contribution in [1.82, 2.24) is 4.98 Å². The van der Waals surface area contributed by atoms with Crippen molar-refractivity contribution in [3.8, 4) is 0 Å². The van der Waals surface area contributed by atoms with Crippen molar-refractivity contribution in [3.63, 3.8) is 0 Å². The fourth-order valence-electron chi connectivity index (χ4n) is 1.54. The van der Waals surface area contributed by atoms with Crippen molar-refractivity contribution in [1.29, 1.82) is 0 Å². The number of allylic oxidation sites excluding steroid dienone is 1. The van der Waals surface area contributed by atoms with E-state index in [9.17, 15) is 4.39 Å². The monoisotopic (exact) mass is 203 g/mol. The number of aliphatic hydroxyl groups is 1. The summed E-state index contributed by atoms with van der Waals surface area (Å²) in [5.41, 5.74) is 1.55. The third-order valence-corrected chi connectivity index (χ3v) is 2.22. The third-order valence-electron chi connectivity index (χ3n) is 2.22. The molecule has 2 rings (SSSR count). The lowest BCUT2D eigenvalue weighted by molar-refractivity contribution is 0.435. The van der Waals surface area contributed by atoms with Gasteiger partial charge in [-0.3, -0.25) is 4.98 Å². The topological polar surface area (TPSA) is 33.1 Å². The average molecular weight is 203 g/mol. The zero-order valence-electron chi connectivity index (χ0n) is 8.02. The molecule has 15 heavy (non-hydrogen) atoms. The summed E-state index contributed by atoms with van der Waals surface area (Å²) < 4.78 is 12.9. The Morgan fingerprint density at radius 2 is 2.13 bits per heavy atom. The maximum Gasteiger partial charge on any atom is 0.138 e. The fraction of sp³-hybridized carbons (Fsp3) is 0.0833. The Bertz CT molecular complexity index is 502. The van der Waals surface area contributed by atoms with Crippen molar-refractivity contribution >= 4 is 10.9 Å². The van der Waals surface area contributed by atoms with E-state index in [1.165, 1.54) is 0 Å². The summed E-state index contributed by atoms with van der Waals surface area (Å²) in [7, 11) is 0. The van der Waals surface area contributed by atoms with Gasteiger partial charge in [0, 0.05) is 18.0 Å². The van der Waals surface area contributed by atoms with E-state index in [0.29, 0.717) is 6.26 Å². The van der Waals surface area contributed by atoms with E-state index in [4.69, 9.17) is 5.11 Å². The predicted octanol–water partition coefficient (Wildman–Crippen LogP) is 3.15. The zero-order valence-corrected chi connectivity index (χ0v) is 8.02. The van der Waals surface area contributed by atoms with E-state index in [1.54, 1.807) is 12.3 Å². The number of fused-ring (bicyclic) bond motifs is 1. The molecular formula is C12H10FNO. The summed E-state index contributed by atoms with van der Waals surface area (Å²) in [5.74, 6) is -0.562. The first-order valence-corrected chi connectivity index (χ1v) is 4.62.